The molecular weight excluding hydrogens is 348 g/mol. The van der Waals surface area contributed by atoms with E-state index < -0.39 is 5.97 Å². The van der Waals surface area contributed by atoms with Gasteiger partial charge in [-0.2, -0.15) is 0 Å². The molecule has 0 atom stereocenters. The first-order chi connectivity index (χ1) is 13.0. The molecule has 7 nitrogen and oxygen atoms in total. The van der Waals surface area contributed by atoms with Crippen LogP contribution in [0.5, 0.6) is 0 Å². The molecule has 1 fully saturated rings. The fraction of sp³-hybridized carbons (Fsp3) is 0.500. The third kappa shape index (κ3) is 4.18. The van der Waals surface area contributed by atoms with Crippen LogP contribution in [0, 0.1) is 11.8 Å². The molecule has 27 heavy (non-hydrogen) atoms. The number of imide groups is 1. The Morgan fingerprint density at radius 3 is 2.07 bits per heavy atom. The van der Waals surface area contributed by atoms with Gasteiger partial charge in [0.05, 0.1) is 17.0 Å². The van der Waals surface area contributed by atoms with Gasteiger partial charge < -0.3 is 10.4 Å². The fourth-order valence-electron chi connectivity index (χ4n) is 3.80. The summed E-state index contributed by atoms with van der Waals surface area (Å²) >= 11 is 0. The van der Waals surface area contributed by atoms with Crippen LogP contribution in [0.15, 0.2) is 24.3 Å². The van der Waals surface area contributed by atoms with E-state index >= 15 is 0 Å². The van der Waals surface area contributed by atoms with Crippen molar-refractivity contribution in [3.05, 3.63) is 35.4 Å². The maximum atomic E-state index is 12.3. The van der Waals surface area contributed by atoms with Crippen LogP contribution in [0.1, 0.15) is 59.2 Å². The number of carboxylic acids is 1. The van der Waals surface area contributed by atoms with Crippen LogP contribution in [0.25, 0.3) is 0 Å². The number of rotatable bonds is 7. The first-order valence-corrected chi connectivity index (χ1v) is 9.44. The fourth-order valence-corrected chi connectivity index (χ4v) is 3.80. The molecule has 0 bridgehead atoms. The summed E-state index contributed by atoms with van der Waals surface area (Å²) in [6.07, 6.45) is 3.61. The molecule has 2 N–H and O–H groups in total. The minimum atomic E-state index is -0.776. The third-order valence-corrected chi connectivity index (χ3v) is 5.43. The summed E-state index contributed by atoms with van der Waals surface area (Å²) in [7, 11) is 0. The highest BCUT2D eigenvalue weighted by Crippen LogP contribution is 2.29. The molecule has 0 unspecified atom stereocenters. The number of hydrogen-bond donors (Lipinski definition) is 2. The normalized spacial score (nSPS) is 21.9. The van der Waals surface area contributed by atoms with Gasteiger partial charge in [0, 0.05) is 19.0 Å². The Morgan fingerprint density at radius 1 is 0.963 bits per heavy atom. The Morgan fingerprint density at radius 2 is 1.52 bits per heavy atom. The van der Waals surface area contributed by atoms with E-state index in [2.05, 4.69) is 5.32 Å². The van der Waals surface area contributed by atoms with E-state index in [1.54, 1.807) is 24.3 Å². The Hall–Kier alpha value is -2.70. The van der Waals surface area contributed by atoms with Crippen molar-refractivity contribution in [1.82, 2.24) is 10.2 Å². The number of carbonyl (C=O) groups excluding carboxylic acids is 3. The number of benzene rings is 1. The summed E-state index contributed by atoms with van der Waals surface area (Å²) in [6.45, 7) is 0.826. The molecule has 3 amide bonds. The number of nitrogens with one attached hydrogen (secondary N) is 1. The van der Waals surface area contributed by atoms with Gasteiger partial charge in [0.1, 0.15) is 0 Å². The van der Waals surface area contributed by atoms with Crippen molar-refractivity contribution in [3.63, 3.8) is 0 Å². The van der Waals surface area contributed by atoms with Gasteiger partial charge in [-0.3, -0.25) is 24.1 Å². The number of unbranched alkanes of at least 4 members (excludes halogenated alkanes) is 1. The van der Waals surface area contributed by atoms with Crippen LogP contribution in [0.4, 0.5) is 0 Å². The second kappa shape index (κ2) is 8.33. The first-order valence-electron chi connectivity index (χ1n) is 9.44. The summed E-state index contributed by atoms with van der Waals surface area (Å²) in [4.78, 5) is 48.9. The zero-order valence-corrected chi connectivity index (χ0v) is 15.1. The molecule has 1 heterocycles. The van der Waals surface area contributed by atoms with Crippen LogP contribution in [-0.2, 0) is 9.59 Å². The van der Waals surface area contributed by atoms with E-state index in [4.69, 9.17) is 5.11 Å². The molecule has 1 aromatic rings. The zero-order chi connectivity index (χ0) is 19.4. The smallest absolute Gasteiger partial charge is 0.306 e. The van der Waals surface area contributed by atoms with Crippen molar-refractivity contribution in [1.29, 1.82) is 0 Å². The standard InChI is InChI=1S/C20H24N2O5/c23-17(13-7-9-14(10-8-13)20(26)27)21-11-3-4-12-22-18(24)15-5-1-2-6-16(15)19(22)25/h1-2,5-6,13-14H,3-4,7-12H2,(H,21,23)(H,26,27). The second-order valence-electron chi connectivity index (χ2n) is 7.19. The summed E-state index contributed by atoms with van der Waals surface area (Å²) in [6, 6.07) is 6.81. The van der Waals surface area contributed by atoms with E-state index in [1.807, 2.05) is 0 Å². The highest BCUT2D eigenvalue weighted by Gasteiger charge is 2.34. The van der Waals surface area contributed by atoms with Crippen molar-refractivity contribution < 1.29 is 24.3 Å². The lowest BCUT2D eigenvalue weighted by atomic mass is 9.81. The summed E-state index contributed by atoms with van der Waals surface area (Å²) in [5, 5.41) is 11.9. The van der Waals surface area contributed by atoms with Gasteiger partial charge in [-0.05, 0) is 50.7 Å². The highest BCUT2D eigenvalue weighted by molar-refractivity contribution is 6.21. The maximum Gasteiger partial charge on any atom is 0.306 e. The molecule has 7 heteroatoms. The number of nitrogens with zero attached hydrogens (tertiary/aromatic N) is 1. The number of carboxylic acid groups (broad SMARTS) is 1. The third-order valence-electron chi connectivity index (χ3n) is 5.43. The van der Waals surface area contributed by atoms with Gasteiger partial charge in [0.2, 0.25) is 5.91 Å². The molecule has 0 aromatic heterocycles. The lowest BCUT2D eigenvalue weighted by Crippen LogP contribution is -2.35. The minimum Gasteiger partial charge on any atom is -0.481 e. The molecule has 0 spiro atoms. The molecule has 3 rings (SSSR count). The molecule has 1 aliphatic heterocycles. The molecule has 1 saturated carbocycles. The number of carbonyl (C=O) groups is 4. The molecule has 0 radical (unpaired) electrons. The van der Waals surface area contributed by atoms with Crippen LogP contribution < -0.4 is 5.32 Å². The van der Waals surface area contributed by atoms with Crippen LogP contribution in [0.2, 0.25) is 0 Å². The molecule has 2 aliphatic rings. The Balaban J connectivity index is 1.36. The van der Waals surface area contributed by atoms with Gasteiger partial charge in [-0.1, -0.05) is 12.1 Å². The van der Waals surface area contributed by atoms with Crippen molar-refractivity contribution in [2.45, 2.75) is 38.5 Å². The number of fused-ring (bicyclic) bond motifs is 1. The minimum absolute atomic E-state index is 0.0282. The lowest BCUT2D eigenvalue weighted by molar-refractivity contribution is -0.144. The van der Waals surface area contributed by atoms with E-state index in [0.717, 1.165) is 0 Å². The van der Waals surface area contributed by atoms with Gasteiger partial charge in [0.15, 0.2) is 0 Å². The van der Waals surface area contributed by atoms with Crippen LogP contribution in [0.3, 0.4) is 0 Å². The van der Waals surface area contributed by atoms with Gasteiger partial charge in [-0.25, -0.2) is 0 Å². The van der Waals surface area contributed by atoms with Crippen molar-refractivity contribution in [2.24, 2.45) is 11.8 Å². The lowest BCUT2D eigenvalue weighted by Gasteiger charge is -2.25. The SMILES string of the molecule is O=C(O)C1CCC(C(=O)NCCCCN2C(=O)c3ccccc3C2=O)CC1. The molecule has 0 saturated heterocycles. The molecular formula is C20H24N2O5. The van der Waals surface area contributed by atoms with Crippen LogP contribution >= 0.6 is 0 Å². The Bertz CT molecular complexity index is 717. The van der Waals surface area contributed by atoms with E-state index in [1.165, 1.54) is 4.90 Å². The summed E-state index contributed by atoms with van der Waals surface area (Å²) < 4.78 is 0. The average Bonchev–Trinajstić information content (AvgIpc) is 2.92. The molecule has 1 aliphatic carbocycles. The van der Waals surface area contributed by atoms with E-state index in [9.17, 15) is 19.2 Å². The topological polar surface area (TPSA) is 104 Å². The quantitative estimate of drug-likeness (QED) is 0.563. The number of aliphatic carboxylic acids is 1. The number of amides is 3. The van der Waals surface area contributed by atoms with E-state index in [-0.39, 0.29) is 29.6 Å². The van der Waals surface area contributed by atoms with E-state index in [0.29, 0.717) is 62.7 Å². The second-order valence-corrected chi connectivity index (χ2v) is 7.19. The zero-order valence-electron chi connectivity index (χ0n) is 15.1. The van der Waals surface area contributed by atoms with Crippen molar-refractivity contribution >= 4 is 23.7 Å². The molecule has 144 valence electrons. The van der Waals surface area contributed by atoms with Gasteiger partial charge in [0.25, 0.3) is 11.8 Å². The number of hydrogen-bond acceptors (Lipinski definition) is 4. The predicted molar refractivity (Wildman–Crippen MR) is 97.1 cm³/mol. The highest BCUT2D eigenvalue weighted by atomic mass is 16.4. The average molecular weight is 372 g/mol. The largest absolute Gasteiger partial charge is 0.481 e. The Kier molecular flexibility index (Phi) is 5.88. The van der Waals surface area contributed by atoms with Crippen molar-refractivity contribution in [2.75, 3.05) is 13.1 Å². The van der Waals surface area contributed by atoms with Gasteiger partial charge in [-0.15, -0.1) is 0 Å². The maximum absolute atomic E-state index is 12.3. The van der Waals surface area contributed by atoms with Crippen LogP contribution in [-0.4, -0.2) is 46.8 Å². The van der Waals surface area contributed by atoms with Crippen molar-refractivity contribution in [3.8, 4) is 0 Å². The summed E-state index contributed by atoms with van der Waals surface area (Å²) in [5.41, 5.74) is 0.903. The van der Waals surface area contributed by atoms with Gasteiger partial charge >= 0.3 is 5.97 Å². The summed E-state index contributed by atoms with van der Waals surface area (Å²) in [5.74, 6) is -1.75. The predicted octanol–water partition coefficient (Wildman–Crippen LogP) is 2.07. The first kappa shape index (κ1) is 19.1. The Labute approximate surface area is 157 Å². The monoisotopic (exact) mass is 372 g/mol. The molecule has 1 aromatic carbocycles.